The first-order chi connectivity index (χ1) is 8.24. The summed E-state index contributed by atoms with van der Waals surface area (Å²) in [5.41, 5.74) is 7.03. The Kier molecular flexibility index (Phi) is 3.92. The van der Waals surface area contributed by atoms with Crippen molar-refractivity contribution in [2.24, 2.45) is 0 Å². The Morgan fingerprint density at radius 3 is 2.65 bits per heavy atom. The molecule has 0 unspecified atom stereocenters. The third kappa shape index (κ3) is 2.56. The van der Waals surface area contributed by atoms with Gasteiger partial charge < -0.3 is 11.6 Å². The molecule has 1 heterocycles. The molecule has 0 bridgehead atoms. The molecule has 1 fully saturated rings. The van der Waals surface area contributed by atoms with Crippen molar-refractivity contribution in [2.45, 2.75) is 64.2 Å². The number of imidazole rings is 1. The van der Waals surface area contributed by atoms with Gasteiger partial charge >= 0.3 is 0 Å². The van der Waals surface area contributed by atoms with Gasteiger partial charge in [0.2, 0.25) is 0 Å². The third-order valence-electron chi connectivity index (χ3n) is 3.79. The summed E-state index contributed by atoms with van der Waals surface area (Å²) in [5.74, 6) is 8.22. The maximum Gasteiger partial charge on any atom is 0.145 e. The van der Waals surface area contributed by atoms with Crippen LogP contribution in [0.4, 0.5) is 5.82 Å². The molecule has 0 radical (unpaired) electrons. The maximum atomic E-state index is 6.03. The first-order valence-corrected chi connectivity index (χ1v) is 6.86. The second-order valence-electron chi connectivity index (χ2n) is 5.11. The van der Waals surface area contributed by atoms with Crippen LogP contribution in [0.15, 0.2) is 0 Å². The predicted molar refractivity (Wildman–Crippen MR) is 71.2 cm³/mol. The molecule has 96 valence electrons. The number of anilines is 1. The minimum atomic E-state index is 0.530. The van der Waals surface area contributed by atoms with E-state index in [2.05, 4.69) is 11.9 Å². The highest BCUT2D eigenvalue weighted by Crippen LogP contribution is 2.34. The summed E-state index contributed by atoms with van der Waals surface area (Å²) in [5, 5.41) is 0. The largest absolute Gasteiger partial charge is 0.382 e. The zero-order valence-corrected chi connectivity index (χ0v) is 10.8. The van der Waals surface area contributed by atoms with Crippen LogP contribution in [0, 0.1) is 0 Å². The van der Waals surface area contributed by atoms with Crippen LogP contribution in [0.25, 0.3) is 0 Å². The van der Waals surface area contributed by atoms with Crippen LogP contribution < -0.4 is 11.6 Å². The number of aryl methyl sites for hydroxylation is 1. The van der Waals surface area contributed by atoms with Gasteiger partial charge in [-0.2, -0.15) is 0 Å². The molecule has 4 N–H and O–H groups in total. The van der Waals surface area contributed by atoms with Gasteiger partial charge in [0.15, 0.2) is 0 Å². The number of rotatable bonds is 5. The molecular formula is C13H24N4. The average molecular weight is 236 g/mol. The van der Waals surface area contributed by atoms with E-state index >= 15 is 0 Å². The molecule has 1 saturated carbocycles. The van der Waals surface area contributed by atoms with Gasteiger partial charge in [0.05, 0.1) is 5.69 Å². The van der Waals surface area contributed by atoms with E-state index < -0.39 is 0 Å². The van der Waals surface area contributed by atoms with Crippen LogP contribution in [0.3, 0.4) is 0 Å². The van der Waals surface area contributed by atoms with Crippen LogP contribution in [0.2, 0.25) is 0 Å². The zero-order chi connectivity index (χ0) is 12.3. The van der Waals surface area contributed by atoms with E-state index in [4.69, 9.17) is 11.6 Å². The zero-order valence-electron chi connectivity index (χ0n) is 10.8. The Morgan fingerprint density at radius 2 is 2.00 bits per heavy atom. The first-order valence-electron chi connectivity index (χ1n) is 6.86. The summed E-state index contributed by atoms with van der Waals surface area (Å²) >= 11 is 0. The highest BCUT2D eigenvalue weighted by molar-refractivity contribution is 5.39. The van der Waals surface area contributed by atoms with Gasteiger partial charge in [0.1, 0.15) is 11.6 Å². The van der Waals surface area contributed by atoms with Gasteiger partial charge in [-0.1, -0.05) is 32.6 Å². The number of aromatic nitrogens is 2. The highest BCUT2D eigenvalue weighted by Gasteiger charge is 2.24. The maximum absolute atomic E-state index is 6.03. The van der Waals surface area contributed by atoms with Crippen LogP contribution in [-0.2, 0) is 6.42 Å². The lowest BCUT2D eigenvalue weighted by Crippen LogP contribution is -2.17. The number of hydrogen-bond donors (Lipinski definition) is 2. The van der Waals surface area contributed by atoms with E-state index in [0.29, 0.717) is 11.7 Å². The number of nitrogen functional groups attached to an aromatic ring is 2. The third-order valence-corrected chi connectivity index (χ3v) is 3.79. The molecule has 1 aliphatic rings. The van der Waals surface area contributed by atoms with Crippen molar-refractivity contribution in [3.8, 4) is 0 Å². The molecule has 1 aromatic rings. The van der Waals surface area contributed by atoms with Crippen molar-refractivity contribution in [3.63, 3.8) is 0 Å². The molecule has 2 rings (SSSR count). The quantitative estimate of drug-likeness (QED) is 0.609. The topological polar surface area (TPSA) is 69.9 Å². The lowest BCUT2D eigenvalue weighted by molar-refractivity contribution is 0.644. The molecule has 0 spiro atoms. The van der Waals surface area contributed by atoms with Gasteiger partial charge in [-0.25, -0.2) is 9.66 Å². The summed E-state index contributed by atoms with van der Waals surface area (Å²) in [7, 11) is 0. The average Bonchev–Trinajstić information content (AvgIpc) is 2.93. The Hall–Kier alpha value is -1.19. The minimum absolute atomic E-state index is 0.530. The van der Waals surface area contributed by atoms with E-state index in [-0.39, 0.29) is 0 Å². The summed E-state index contributed by atoms with van der Waals surface area (Å²) in [4.78, 5) is 4.68. The van der Waals surface area contributed by atoms with E-state index in [1.54, 1.807) is 4.68 Å². The van der Waals surface area contributed by atoms with Crippen molar-refractivity contribution in [3.05, 3.63) is 11.5 Å². The van der Waals surface area contributed by atoms with Crippen molar-refractivity contribution >= 4 is 5.82 Å². The normalized spacial score (nSPS) is 16.8. The van der Waals surface area contributed by atoms with Gasteiger partial charge in [-0.05, 0) is 25.7 Å². The van der Waals surface area contributed by atoms with Gasteiger partial charge in [-0.15, -0.1) is 0 Å². The van der Waals surface area contributed by atoms with Crippen LogP contribution >= 0.6 is 0 Å². The summed E-state index contributed by atoms with van der Waals surface area (Å²) in [6.07, 6.45) is 9.58. The van der Waals surface area contributed by atoms with Gasteiger partial charge in [-0.3, -0.25) is 0 Å². The van der Waals surface area contributed by atoms with E-state index in [9.17, 15) is 0 Å². The number of nitrogens with zero attached hydrogens (tertiary/aromatic N) is 2. The molecule has 0 amide bonds. The Labute approximate surface area is 103 Å². The molecule has 0 aliphatic heterocycles. The van der Waals surface area contributed by atoms with E-state index in [1.807, 2.05) is 0 Å². The van der Waals surface area contributed by atoms with Crippen molar-refractivity contribution in [2.75, 3.05) is 11.6 Å². The molecule has 1 aliphatic carbocycles. The van der Waals surface area contributed by atoms with Crippen LogP contribution in [0.1, 0.15) is 69.3 Å². The van der Waals surface area contributed by atoms with Crippen molar-refractivity contribution in [1.29, 1.82) is 0 Å². The lowest BCUT2D eigenvalue weighted by Gasteiger charge is -2.08. The molecule has 17 heavy (non-hydrogen) atoms. The molecular weight excluding hydrogens is 212 g/mol. The summed E-state index contributed by atoms with van der Waals surface area (Å²) in [6.45, 7) is 2.20. The standard InChI is InChI=1S/C13H24N4/c1-2-3-4-9-11-12(14)17(15)13(16-11)10-7-5-6-8-10/h10H,2-9,14-15H2,1H3. The smallest absolute Gasteiger partial charge is 0.145 e. The molecule has 0 atom stereocenters. The monoisotopic (exact) mass is 236 g/mol. The SMILES string of the molecule is CCCCCc1nc(C2CCCC2)n(N)c1N. The fourth-order valence-electron chi connectivity index (χ4n) is 2.71. The highest BCUT2D eigenvalue weighted by atomic mass is 15.4. The van der Waals surface area contributed by atoms with E-state index in [0.717, 1.165) is 24.4 Å². The second kappa shape index (κ2) is 5.43. The first kappa shape index (κ1) is 12.3. The molecule has 4 heteroatoms. The van der Waals surface area contributed by atoms with Crippen LogP contribution in [-0.4, -0.2) is 9.66 Å². The Morgan fingerprint density at radius 1 is 1.29 bits per heavy atom. The fourth-order valence-corrected chi connectivity index (χ4v) is 2.71. The second-order valence-corrected chi connectivity index (χ2v) is 5.11. The summed E-state index contributed by atoms with van der Waals surface area (Å²) in [6, 6.07) is 0. The van der Waals surface area contributed by atoms with E-state index in [1.165, 1.54) is 38.5 Å². The van der Waals surface area contributed by atoms with Gasteiger partial charge in [0, 0.05) is 5.92 Å². The van der Waals surface area contributed by atoms with Crippen LogP contribution in [0.5, 0.6) is 0 Å². The molecule has 0 saturated heterocycles. The molecule has 4 nitrogen and oxygen atoms in total. The number of unbranched alkanes of at least 4 members (excludes halogenated alkanes) is 2. The van der Waals surface area contributed by atoms with Gasteiger partial charge in [0.25, 0.3) is 0 Å². The fraction of sp³-hybridized carbons (Fsp3) is 0.769. The number of hydrogen-bond acceptors (Lipinski definition) is 3. The molecule has 0 aromatic carbocycles. The van der Waals surface area contributed by atoms with Crippen molar-refractivity contribution < 1.29 is 0 Å². The summed E-state index contributed by atoms with van der Waals surface area (Å²) < 4.78 is 1.62. The molecule has 1 aromatic heterocycles. The van der Waals surface area contributed by atoms with Crippen molar-refractivity contribution in [1.82, 2.24) is 9.66 Å². The Bertz CT molecular complexity index is 364. The number of nitrogens with two attached hydrogens (primary N) is 2. The lowest BCUT2D eigenvalue weighted by atomic mass is 10.1. The Balaban J connectivity index is 2.09. The predicted octanol–water partition coefficient (Wildman–Crippen LogP) is 2.57. The minimum Gasteiger partial charge on any atom is -0.382 e.